The second-order valence-corrected chi connectivity index (χ2v) is 7.92. The minimum atomic E-state index is 0.138. The van der Waals surface area contributed by atoms with Crippen molar-refractivity contribution in [2.24, 2.45) is 5.92 Å². The van der Waals surface area contributed by atoms with Gasteiger partial charge in [0.2, 0.25) is 0 Å². The van der Waals surface area contributed by atoms with Gasteiger partial charge in [0.25, 0.3) is 5.91 Å². The molecule has 5 heteroatoms. The van der Waals surface area contributed by atoms with Crippen molar-refractivity contribution in [3.63, 3.8) is 0 Å². The van der Waals surface area contributed by atoms with Crippen LogP contribution >= 0.6 is 0 Å². The molecule has 1 atom stereocenters. The predicted octanol–water partition coefficient (Wildman–Crippen LogP) is 3.38. The summed E-state index contributed by atoms with van der Waals surface area (Å²) in [6.45, 7) is 2.70. The number of hydrogen-bond acceptors (Lipinski definition) is 3. The van der Waals surface area contributed by atoms with Gasteiger partial charge in [-0.1, -0.05) is 6.07 Å². The fraction of sp³-hybridized carbons (Fsp3) is 0.524. The van der Waals surface area contributed by atoms with E-state index in [1.165, 1.54) is 12.8 Å². The number of carbonyl (C=O) groups excluding carboxylic acids is 1. The predicted molar refractivity (Wildman–Crippen MR) is 104 cm³/mol. The zero-order valence-electron chi connectivity index (χ0n) is 15.8. The normalized spacial score (nSPS) is 20.2. The highest BCUT2D eigenvalue weighted by Gasteiger charge is 2.29. The second-order valence-electron chi connectivity index (χ2n) is 7.92. The summed E-state index contributed by atoms with van der Waals surface area (Å²) in [5, 5.41) is 0. The molecule has 2 aromatic rings. The van der Waals surface area contributed by atoms with Crippen LogP contribution in [0.15, 0.2) is 36.7 Å². The van der Waals surface area contributed by atoms with Crippen LogP contribution in [0.25, 0.3) is 0 Å². The van der Waals surface area contributed by atoms with Crippen LogP contribution in [-0.4, -0.2) is 47.5 Å². The fourth-order valence-corrected chi connectivity index (χ4v) is 3.89. The van der Waals surface area contributed by atoms with Crippen LogP contribution in [0.5, 0.6) is 0 Å². The average molecular weight is 352 g/mol. The lowest BCUT2D eigenvalue weighted by atomic mass is 9.96. The van der Waals surface area contributed by atoms with Crippen molar-refractivity contribution < 1.29 is 4.79 Å². The van der Waals surface area contributed by atoms with E-state index in [2.05, 4.69) is 15.7 Å². The number of likely N-dealkylation sites (tertiary alicyclic amines) is 1. The Morgan fingerprint density at radius 2 is 2.12 bits per heavy atom. The van der Waals surface area contributed by atoms with Gasteiger partial charge in [0.15, 0.2) is 0 Å². The van der Waals surface area contributed by atoms with E-state index in [-0.39, 0.29) is 5.91 Å². The summed E-state index contributed by atoms with van der Waals surface area (Å²) >= 11 is 0. The van der Waals surface area contributed by atoms with Crippen molar-refractivity contribution in [3.8, 4) is 0 Å². The van der Waals surface area contributed by atoms with E-state index in [1.807, 2.05) is 54.4 Å². The van der Waals surface area contributed by atoms with Crippen LogP contribution in [0.2, 0.25) is 0 Å². The molecule has 1 aliphatic carbocycles. The molecule has 1 aromatic carbocycles. The molecule has 0 N–H and O–H groups in total. The number of imidazole rings is 1. The van der Waals surface area contributed by atoms with Crippen LogP contribution in [0.1, 0.15) is 47.8 Å². The van der Waals surface area contributed by atoms with Crippen molar-refractivity contribution in [1.82, 2.24) is 14.5 Å². The monoisotopic (exact) mass is 352 g/mol. The van der Waals surface area contributed by atoms with Crippen molar-refractivity contribution in [2.75, 3.05) is 32.1 Å². The first-order valence-corrected chi connectivity index (χ1v) is 9.69. The molecule has 26 heavy (non-hydrogen) atoms. The van der Waals surface area contributed by atoms with Crippen LogP contribution in [0.3, 0.4) is 0 Å². The molecule has 1 aliphatic heterocycles. The summed E-state index contributed by atoms with van der Waals surface area (Å²) in [4.78, 5) is 21.7. The zero-order valence-corrected chi connectivity index (χ0v) is 15.8. The summed E-state index contributed by atoms with van der Waals surface area (Å²) in [6.07, 6.45) is 8.86. The number of anilines is 1. The molecule has 138 valence electrons. The third-order valence-electron chi connectivity index (χ3n) is 5.58. The first-order chi connectivity index (χ1) is 12.6. The van der Waals surface area contributed by atoms with Crippen LogP contribution in [0.4, 0.5) is 5.69 Å². The Morgan fingerprint density at radius 3 is 2.88 bits per heavy atom. The molecule has 0 spiro atoms. The summed E-state index contributed by atoms with van der Waals surface area (Å²) in [7, 11) is 4.00. The summed E-state index contributed by atoms with van der Waals surface area (Å²) in [6, 6.07) is 7.91. The van der Waals surface area contributed by atoms with Gasteiger partial charge in [-0.3, -0.25) is 4.79 Å². The van der Waals surface area contributed by atoms with Crippen LogP contribution in [-0.2, 0) is 6.54 Å². The lowest BCUT2D eigenvalue weighted by Crippen LogP contribution is -2.39. The number of aromatic nitrogens is 2. The van der Waals surface area contributed by atoms with E-state index < -0.39 is 0 Å². The van der Waals surface area contributed by atoms with Gasteiger partial charge in [-0.15, -0.1) is 0 Å². The molecule has 2 aliphatic rings. The summed E-state index contributed by atoms with van der Waals surface area (Å²) in [5.41, 5.74) is 1.84. The molecule has 1 saturated carbocycles. The highest BCUT2D eigenvalue weighted by Crippen LogP contribution is 2.33. The lowest BCUT2D eigenvalue weighted by molar-refractivity contribution is 0.0703. The molecular weight excluding hydrogens is 324 g/mol. The third-order valence-corrected chi connectivity index (χ3v) is 5.58. The SMILES string of the molecule is CN(C)c1cccc(C(=O)N2CCC[C@@H](c3nccn3CC3CC3)C2)c1. The average Bonchev–Trinajstić information content (AvgIpc) is 3.36. The molecular formula is C21H28N4O. The number of carbonyl (C=O) groups is 1. The smallest absolute Gasteiger partial charge is 0.253 e. The maximum Gasteiger partial charge on any atom is 0.253 e. The molecule has 1 amide bonds. The van der Waals surface area contributed by atoms with E-state index in [9.17, 15) is 4.79 Å². The molecule has 0 bridgehead atoms. The maximum atomic E-state index is 13.0. The maximum absolute atomic E-state index is 13.0. The largest absolute Gasteiger partial charge is 0.378 e. The topological polar surface area (TPSA) is 41.4 Å². The Balaban J connectivity index is 1.49. The Bertz CT molecular complexity index is 778. The highest BCUT2D eigenvalue weighted by atomic mass is 16.2. The van der Waals surface area contributed by atoms with E-state index in [0.717, 1.165) is 55.5 Å². The number of amides is 1. The zero-order chi connectivity index (χ0) is 18.1. The molecule has 0 unspecified atom stereocenters. The molecule has 0 radical (unpaired) electrons. The van der Waals surface area contributed by atoms with Crippen molar-refractivity contribution in [1.29, 1.82) is 0 Å². The number of hydrogen-bond donors (Lipinski definition) is 0. The summed E-state index contributed by atoms with van der Waals surface area (Å²) in [5.74, 6) is 2.48. The minimum absolute atomic E-state index is 0.138. The number of rotatable bonds is 5. The fourth-order valence-electron chi connectivity index (χ4n) is 3.89. The Kier molecular flexibility index (Phi) is 4.70. The van der Waals surface area contributed by atoms with Crippen LogP contribution < -0.4 is 4.90 Å². The van der Waals surface area contributed by atoms with Crippen molar-refractivity contribution >= 4 is 11.6 Å². The van der Waals surface area contributed by atoms with Crippen LogP contribution in [0, 0.1) is 5.92 Å². The first kappa shape index (κ1) is 17.1. The molecule has 2 fully saturated rings. The van der Waals surface area contributed by atoms with E-state index in [0.29, 0.717) is 5.92 Å². The van der Waals surface area contributed by atoms with Gasteiger partial charge in [-0.05, 0) is 49.8 Å². The quantitative estimate of drug-likeness (QED) is 0.828. The van der Waals surface area contributed by atoms with Gasteiger partial charge < -0.3 is 14.4 Å². The highest BCUT2D eigenvalue weighted by molar-refractivity contribution is 5.95. The van der Waals surface area contributed by atoms with Gasteiger partial charge in [0.05, 0.1) is 0 Å². The van der Waals surface area contributed by atoms with E-state index in [4.69, 9.17) is 0 Å². The third kappa shape index (κ3) is 3.62. The molecule has 4 rings (SSSR count). The summed E-state index contributed by atoms with van der Waals surface area (Å²) < 4.78 is 2.32. The van der Waals surface area contributed by atoms with Gasteiger partial charge in [-0.25, -0.2) is 4.98 Å². The van der Waals surface area contributed by atoms with E-state index in [1.54, 1.807) is 0 Å². The Morgan fingerprint density at radius 1 is 1.27 bits per heavy atom. The second kappa shape index (κ2) is 7.14. The number of piperidine rings is 1. The van der Waals surface area contributed by atoms with Gasteiger partial charge in [0.1, 0.15) is 5.82 Å². The lowest BCUT2D eigenvalue weighted by Gasteiger charge is -2.33. The minimum Gasteiger partial charge on any atom is -0.378 e. The molecule has 1 aromatic heterocycles. The molecule has 1 saturated heterocycles. The number of nitrogens with zero attached hydrogens (tertiary/aromatic N) is 4. The van der Waals surface area contributed by atoms with Crippen molar-refractivity contribution in [2.45, 2.75) is 38.1 Å². The standard InChI is InChI=1S/C21H28N4O/c1-23(2)19-7-3-5-17(13-19)21(26)25-11-4-6-18(15-25)20-22-10-12-24(20)14-16-8-9-16/h3,5,7,10,12-13,16,18H,4,6,8-9,11,14-15H2,1-2H3/t18-/m1/s1. The van der Waals surface area contributed by atoms with Gasteiger partial charge in [-0.2, -0.15) is 0 Å². The van der Waals surface area contributed by atoms with E-state index >= 15 is 0 Å². The first-order valence-electron chi connectivity index (χ1n) is 9.69. The van der Waals surface area contributed by atoms with Crippen molar-refractivity contribution in [3.05, 3.63) is 48.0 Å². The number of benzene rings is 1. The molecule has 2 heterocycles. The van der Waals surface area contributed by atoms with Gasteiger partial charge >= 0.3 is 0 Å². The molecule has 5 nitrogen and oxygen atoms in total. The van der Waals surface area contributed by atoms with Gasteiger partial charge in [0, 0.05) is 63.3 Å². The Hall–Kier alpha value is -2.30. The Labute approximate surface area is 155 Å².